The van der Waals surface area contributed by atoms with Crippen LogP contribution in [-0.4, -0.2) is 50.4 Å². The van der Waals surface area contributed by atoms with Crippen LogP contribution in [0.25, 0.3) is 22.2 Å². The van der Waals surface area contributed by atoms with Crippen molar-refractivity contribution in [1.82, 2.24) is 19.6 Å². The van der Waals surface area contributed by atoms with Gasteiger partial charge in [0.05, 0.1) is 12.0 Å². The molecule has 0 saturated carbocycles. The molecule has 1 unspecified atom stereocenters. The summed E-state index contributed by atoms with van der Waals surface area (Å²) in [6.45, 7) is 3.32. The molecule has 3 aromatic rings. The Hall–Kier alpha value is -2.26. The molecule has 1 aromatic carbocycles. The molecule has 1 saturated heterocycles. The van der Waals surface area contributed by atoms with Crippen molar-refractivity contribution < 1.29 is 13.5 Å². The highest BCUT2D eigenvalue weighted by Gasteiger charge is 2.17. The molecule has 1 aliphatic rings. The Kier molecular flexibility index (Phi) is 6.79. The molecule has 0 spiro atoms. The van der Waals surface area contributed by atoms with Crippen LogP contribution in [0.15, 0.2) is 42.7 Å². The van der Waals surface area contributed by atoms with Gasteiger partial charge >= 0.3 is 0 Å². The summed E-state index contributed by atoms with van der Waals surface area (Å²) in [5.41, 5.74) is 3.76. The van der Waals surface area contributed by atoms with Crippen LogP contribution in [0.4, 0.5) is 0 Å². The summed E-state index contributed by atoms with van der Waals surface area (Å²) in [7, 11) is 2.18. The minimum absolute atomic E-state index is 0.275. The van der Waals surface area contributed by atoms with Crippen molar-refractivity contribution >= 4 is 22.3 Å². The Bertz CT molecular complexity index is 997. The smallest absolute Gasteiger partial charge is 0.141 e. The van der Waals surface area contributed by atoms with E-state index in [1.807, 2.05) is 36.5 Å². The maximum atomic E-state index is 10.7. The fourth-order valence-electron chi connectivity index (χ4n) is 4.01. The Morgan fingerprint density at radius 1 is 1.27 bits per heavy atom. The Morgan fingerprint density at radius 2 is 2.03 bits per heavy atom. The summed E-state index contributed by atoms with van der Waals surface area (Å²) < 4.78 is 29.9. The molecule has 2 aromatic heterocycles. The molecular weight excluding hydrogens is 400 g/mol. The van der Waals surface area contributed by atoms with E-state index in [9.17, 15) is 8.76 Å². The number of hydrogen-bond acceptors (Lipinski definition) is 5. The van der Waals surface area contributed by atoms with Crippen LogP contribution < -0.4 is 9.46 Å². The molecule has 0 aliphatic carbocycles. The van der Waals surface area contributed by atoms with E-state index >= 15 is 0 Å². The van der Waals surface area contributed by atoms with E-state index < -0.39 is 11.3 Å². The van der Waals surface area contributed by atoms with Crippen LogP contribution in [-0.2, 0) is 17.8 Å². The predicted molar refractivity (Wildman–Crippen MR) is 118 cm³/mol. The van der Waals surface area contributed by atoms with Gasteiger partial charge in [-0.15, -0.1) is 0 Å². The lowest BCUT2D eigenvalue weighted by Crippen LogP contribution is -2.30. The SMILES string of the molecule is CN1CCC(CCOc2ccnc3[nH]cc(-c4ccc(CNS(=O)[O-])cc4)c23)CC1. The van der Waals surface area contributed by atoms with E-state index in [1.54, 1.807) is 6.20 Å². The number of rotatable bonds is 8. The van der Waals surface area contributed by atoms with E-state index in [4.69, 9.17) is 4.74 Å². The van der Waals surface area contributed by atoms with E-state index in [1.165, 1.54) is 25.9 Å². The molecular formula is C22H27N4O3S-. The summed E-state index contributed by atoms with van der Waals surface area (Å²) in [5, 5.41) is 0.979. The number of nitrogens with one attached hydrogen (secondary N) is 2. The summed E-state index contributed by atoms with van der Waals surface area (Å²) in [6, 6.07) is 9.75. The van der Waals surface area contributed by atoms with Crippen LogP contribution in [0.5, 0.6) is 5.75 Å². The lowest BCUT2D eigenvalue weighted by molar-refractivity contribution is 0.188. The minimum atomic E-state index is -2.26. The van der Waals surface area contributed by atoms with E-state index in [0.717, 1.165) is 45.8 Å². The number of benzene rings is 1. The summed E-state index contributed by atoms with van der Waals surface area (Å²) in [5.74, 6) is 1.57. The third-order valence-electron chi connectivity index (χ3n) is 5.82. The van der Waals surface area contributed by atoms with Gasteiger partial charge < -0.3 is 19.2 Å². The number of pyridine rings is 1. The van der Waals surface area contributed by atoms with Gasteiger partial charge in [-0.25, -0.2) is 9.71 Å². The lowest BCUT2D eigenvalue weighted by Gasteiger charge is -2.28. The number of ether oxygens (including phenoxy) is 1. The Labute approximate surface area is 179 Å². The van der Waals surface area contributed by atoms with Crippen molar-refractivity contribution in [2.75, 3.05) is 26.7 Å². The molecule has 0 bridgehead atoms. The van der Waals surface area contributed by atoms with Crippen molar-refractivity contribution in [1.29, 1.82) is 0 Å². The first kappa shape index (κ1) is 21.0. The third kappa shape index (κ3) is 5.07. The van der Waals surface area contributed by atoms with Gasteiger partial charge in [0.1, 0.15) is 11.4 Å². The number of nitrogens with zero attached hydrogens (tertiary/aromatic N) is 2. The van der Waals surface area contributed by atoms with Crippen molar-refractivity contribution in [2.45, 2.75) is 25.8 Å². The van der Waals surface area contributed by atoms with Crippen LogP contribution >= 0.6 is 0 Å². The Morgan fingerprint density at radius 3 is 2.77 bits per heavy atom. The highest BCUT2D eigenvalue weighted by atomic mass is 32.2. The highest BCUT2D eigenvalue weighted by Crippen LogP contribution is 2.34. The molecule has 1 atom stereocenters. The first-order valence-corrected chi connectivity index (χ1v) is 11.4. The van der Waals surface area contributed by atoms with Gasteiger partial charge in [0, 0.05) is 35.8 Å². The molecule has 2 N–H and O–H groups in total. The maximum absolute atomic E-state index is 10.7. The second-order valence-corrected chi connectivity index (χ2v) is 8.63. The topological polar surface area (TPSA) is 93.3 Å². The normalized spacial score (nSPS) is 16.7. The fraction of sp³-hybridized carbons (Fsp3) is 0.409. The van der Waals surface area contributed by atoms with E-state index in [-0.39, 0.29) is 6.54 Å². The average molecular weight is 428 g/mol. The molecule has 1 fully saturated rings. The van der Waals surface area contributed by atoms with Crippen LogP contribution in [0.3, 0.4) is 0 Å². The van der Waals surface area contributed by atoms with E-state index in [2.05, 4.69) is 26.6 Å². The molecule has 30 heavy (non-hydrogen) atoms. The van der Waals surface area contributed by atoms with Gasteiger partial charge in [-0.05, 0) is 62.5 Å². The maximum Gasteiger partial charge on any atom is 0.141 e. The number of H-pyrrole nitrogens is 1. The number of hydrogen-bond donors (Lipinski definition) is 2. The number of aromatic amines is 1. The van der Waals surface area contributed by atoms with Gasteiger partial charge in [-0.3, -0.25) is 4.21 Å². The van der Waals surface area contributed by atoms with Gasteiger partial charge in [0.2, 0.25) is 0 Å². The molecule has 7 nitrogen and oxygen atoms in total. The predicted octanol–water partition coefficient (Wildman–Crippen LogP) is 3.22. The standard InChI is InChI=1S/C22H28N4O3S/c1-26-11-7-16(8-12-26)9-13-29-20-6-10-23-22-21(20)19(15-24-22)18-4-2-17(3-5-18)14-25-30(27)28/h2-6,10,15-16,25H,7-9,11-14H2,1H3,(H,23,24)(H,27,28)/p-1. The first-order chi connectivity index (χ1) is 14.6. The number of fused-ring (bicyclic) bond motifs is 1. The van der Waals surface area contributed by atoms with Crippen molar-refractivity contribution in [3.63, 3.8) is 0 Å². The van der Waals surface area contributed by atoms with Crippen molar-refractivity contribution in [3.05, 3.63) is 48.3 Å². The summed E-state index contributed by atoms with van der Waals surface area (Å²) >= 11 is -2.26. The first-order valence-electron chi connectivity index (χ1n) is 10.3. The van der Waals surface area contributed by atoms with E-state index in [0.29, 0.717) is 6.61 Å². The quantitative estimate of drug-likeness (QED) is 0.539. The molecule has 160 valence electrons. The van der Waals surface area contributed by atoms with Crippen molar-refractivity contribution in [2.24, 2.45) is 5.92 Å². The summed E-state index contributed by atoms with van der Waals surface area (Å²) in [6.07, 6.45) is 7.26. The monoisotopic (exact) mass is 427 g/mol. The fourth-order valence-corrected chi connectivity index (χ4v) is 4.29. The van der Waals surface area contributed by atoms with Gasteiger partial charge in [0.25, 0.3) is 0 Å². The number of piperidine rings is 1. The van der Waals surface area contributed by atoms with Crippen LogP contribution in [0.1, 0.15) is 24.8 Å². The zero-order valence-corrected chi connectivity index (χ0v) is 17.9. The lowest BCUT2D eigenvalue weighted by atomic mass is 9.94. The highest BCUT2D eigenvalue weighted by molar-refractivity contribution is 7.77. The molecule has 3 heterocycles. The second kappa shape index (κ2) is 9.70. The Balaban J connectivity index is 1.47. The second-order valence-electron chi connectivity index (χ2n) is 7.87. The molecule has 0 amide bonds. The molecule has 1 aliphatic heterocycles. The minimum Gasteiger partial charge on any atom is -0.760 e. The average Bonchev–Trinajstić information content (AvgIpc) is 3.19. The largest absolute Gasteiger partial charge is 0.760 e. The van der Waals surface area contributed by atoms with Gasteiger partial charge in [-0.2, -0.15) is 0 Å². The third-order valence-corrected chi connectivity index (χ3v) is 6.20. The van der Waals surface area contributed by atoms with Crippen LogP contribution in [0.2, 0.25) is 0 Å². The molecule has 0 radical (unpaired) electrons. The molecule has 4 rings (SSSR count). The number of aromatic nitrogens is 2. The number of likely N-dealkylation sites (tertiary alicyclic amines) is 1. The summed E-state index contributed by atoms with van der Waals surface area (Å²) in [4.78, 5) is 10.1. The van der Waals surface area contributed by atoms with Gasteiger partial charge in [-0.1, -0.05) is 24.3 Å². The van der Waals surface area contributed by atoms with Gasteiger partial charge in [0.15, 0.2) is 0 Å². The van der Waals surface area contributed by atoms with Crippen LogP contribution in [0, 0.1) is 5.92 Å². The zero-order valence-electron chi connectivity index (χ0n) is 17.1. The zero-order chi connectivity index (χ0) is 20.9. The molecule has 8 heteroatoms. The van der Waals surface area contributed by atoms with Crippen molar-refractivity contribution in [3.8, 4) is 16.9 Å².